The van der Waals surface area contributed by atoms with Crippen molar-refractivity contribution in [2.24, 2.45) is 5.16 Å². The number of hydrogen-bond acceptors (Lipinski definition) is 5. The van der Waals surface area contributed by atoms with Gasteiger partial charge in [0.1, 0.15) is 0 Å². The van der Waals surface area contributed by atoms with Gasteiger partial charge in [0.05, 0.1) is 0 Å². The molecule has 1 aromatic rings. The summed E-state index contributed by atoms with van der Waals surface area (Å²) in [7, 11) is 0. The van der Waals surface area contributed by atoms with E-state index in [1.807, 2.05) is 12.1 Å². The molecule has 0 aliphatic rings. The van der Waals surface area contributed by atoms with E-state index in [1.165, 1.54) is 26.8 Å². The van der Waals surface area contributed by atoms with Crippen LogP contribution in [0.5, 0.6) is 0 Å². The molecular formula is C19H19NO5Se. The van der Waals surface area contributed by atoms with Gasteiger partial charge in [0.2, 0.25) is 0 Å². The van der Waals surface area contributed by atoms with Crippen LogP contribution in [0.15, 0.2) is 64.3 Å². The van der Waals surface area contributed by atoms with E-state index < -0.39 is 11.9 Å². The number of rotatable bonds is 8. The fourth-order valence-corrected chi connectivity index (χ4v) is 3.22. The van der Waals surface area contributed by atoms with E-state index in [1.54, 1.807) is 24.3 Å². The van der Waals surface area contributed by atoms with Gasteiger partial charge in [-0.2, -0.15) is 0 Å². The number of carbonyl (C=O) groups is 3. The maximum absolute atomic E-state index is 12.2. The van der Waals surface area contributed by atoms with Crippen LogP contribution in [0.2, 0.25) is 0 Å². The molecule has 0 amide bonds. The normalized spacial score (nSPS) is 12.5. The Morgan fingerprint density at radius 2 is 1.73 bits per heavy atom. The number of Topliss-reactive ketones (excluding diaryl/α,β-unsaturated/α-hetero) is 1. The van der Waals surface area contributed by atoms with E-state index in [-0.39, 0.29) is 32.0 Å². The second kappa shape index (κ2) is 10.3. The Morgan fingerprint density at radius 1 is 1.12 bits per heavy atom. The van der Waals surface area contributed by atoms with E-state index in [0.717, 1.165) is 8.93 Å². The summed E-state index contributed by atoms with van der Waals surface area (Å²) in [6.07, 6.45) is 4.94. The van der Waals surface area contributed by atoms with Crippen LogP contribution in [0, 0.1) is 0 Å². The molecule has 1 N–H and O–H groups in total. The van der Waals surface area contributed by atoms with Crippen LogP contribution < -0.4 is 4.46 Å². The number of aliphatic carboxylic acids is 1. The summed E-state index contributed by atoms with van der Waals surface area (Å²) in [6.45, 7) is 7.94. The Morgan fingerprint density at radius 3 is 2.23 bits per heavy atom. The Labute approximate surface area is 158 Å². The first-order valence-electron chi connectivity index (χ1n) is 7.53. The average Bonchev–Trinajstić information content (AvgIpc) is 2.62. The third kappa shape index (κ3) is 7.01. The van der Waals surface area contributed by atoms with Gasteiger partial charge in [0, 0.05) is 0 Å². The molecular weight excluding hydrogens is 401 g/mol. The maximum atomic E-state index is 12.2. The summed E-state index contributed by atoms with van der Waals surface area (Å²) < 4.78 is 1.90. The van der Waals surface area contributed by atoms with Gasteiger partial charge in [-0.15, -0.1) is 0 Å². The number of carbonyl (C=O) groups excluding carboxylic acids is 2. The predicted octanol–water partition coefficient (Wildman–Crippen LogP) is 2.24. The first kappa shape index (κ1) is 21.3. The molecule has 0 spiro atoms. The van der Waals surface area contributed by atoms with E-state index >= 15 is 0 Å². The van der Waals surface area contributed by atoms with Crippen molar-refractivity contribution in [3.63, 3.8) is 0 Å². The minimum absolute atomic E-state index is 0.0828. The molecule has 0 bridgehead atoms. The molecule has 0 heterocycles. The van der Waals surface area contributed by atoms with Crippen LogP contribution in [0.25, 0.3) is 0 Å². The number of carboxylic acid groups (broad SMARTS) is 1. The molecule has 136 valence electrons. The summed E-state index contributed by atoms with van der Waals surface area (Å²) in [5.41, 5.74) is 0.756. The molecule has 0 aliphatic carbocycles. The number of hydrogen-bond donors (Lipinski definition) is 1. The molecule has 0 aliphatic heterocycles. The Bertz CT molecular complexity index is 804. The van der Waals surface area contributed by atoms with Crippen LogP contribution in [0.1, 0.15) is 31.1 Å². The number of ketones is 1. The minimum atomic E-state index is -0.967. The Kier molecular flexibility index (Phi) is 8.42. The van der Waals surface area contributed by atoms with Crippen molar-refractivity contribution in [2.75, 3.05) is 0 Å². The molecule has 0 saturated heterocycles. The molecule has 0 unspecified atom stereocenters. The van der Waals surface area contributed by atoms with Crippen LogP contribution in [0.3, 0.4) is 0 Å². The molecule has 26 heavy (non-hydrogen) atoms. The van der Waals surface area contributed by atoms with Gasteiger partial charge >= 0.3 is 158 Å². The van der Waals surface area contributed by atoms with E-state index in [0.29, 0.717) is 5.56 Å². The third-order valence-corrected chi connectivity index (χ3v) is 5.22. The summed E-state index contributed by atoms with van der Waals surface area (Å²) in [6, 6.07) is 6.98. The molecule has 0 fully saturated rings. The second-order valence-electron chi connectivity index (χ2n) is 5.14. The molecule has 1 rings (SSSR count). The van der Waals surface area contributed by atoms with Gasteiger partial charge in [-0.25, -0.2) is 0 Å². The predicted molar refractivity (Wildman–Crippen MR) is 101 cm³/mol. The van der Waals surface area contributed by atoms with Crippen LogP contribution in [-0.4, -0.2) is 43.5 Å². The molecule has 0 saturated carbocycles. The monoisotopic (exact) mass is 421 g/mol. The Balaban J connectivity index is 2.88. The molecule has 0 radical (unpaired) electrons. The van der Waals surface area contributed by atoms with Gasteiger partial charge in [-0.1, -0.05) is 0 Å². The third-order valence-electron chi connectivity index (χ3n) is 3.03. The zero-order valence-corrected chi connectivity index (χ0v) is 16.4. The van der Waals surface area contributed by atoms with Crippen LogP contribution in [0.4, 0.5) is 0 Å². The summed E-state index contributed by atoms with van der Waals surface area (Å²) in [4.78, 5) is 38.2. The van der Waals surface area contributed by atoms with E-state index in [4.69, 9.17) is 5.11 Å². The zero-order valence-electron chi connectivity index (χ0n) is 14.7. The van der Waals surface area contributed by atoms with Crippen LogP contribution in [-0.2, 0) is 14.4 Å². The average molecular weight is 420 g/mol. The van der Waals surface area contributed by atoms with Crippen molar-refractivity contribution in [3.05, 3.63) is 64.7 Å². The molecule has 0 aromatic heterocycles. The SMILES string of the molecule is C=C/C(=C\C=C(/C)C(=O)O)[Se]c1ccc(C(=O)/C(C)=N/OC(C)=O)cc1. The first-order chi connectivity index (χ1) is 12.2. The molecule has 7 heteroatoms. The van der Waals surface area contributed by atoms with Crippen molar-refractivity contribution in [2.45, 2.75) is 20.8 Å². The number of nitrogens with zero attached hydrogens (tertiary/aromatic N) is 1. The Hall–Kier alpha value is -2.76. The number of carboxylic acids is 1. The van der Waals surface area contributed by atoms with Gasteiger partial charge in [0.15, 0.2) is 0 Å². The van der Waals surface area contributed by atoms with Gasteiger partial charge in [-0.3, -0.25) is 0 Å². The van der Waals surface area contributed by atoms with Crippen molar-refractivity contribution in [1.29, 1.82) is 0 Å². The number of oxime groups is 1. The number of allylic oxidation sites excluding steroid dienone is 4. The summed E-state index contributed by atoms with van der Waals surface area (Å²) in [5.74, 6) is -1.89. The van der Waals surface area contributed by atoms with Gasteiger partial charge < -0.3 is 0 Å². The molecule has 0 atom stereocenters. The quantitative estimate of drug-likeness (QED) is 0.132. The van der Waals surface area contributed by atoms with Crippen molar-refractivity contribution in [3.8, 4) is 0 Å². The van der Waals surface area contributed by atoms with Crippen molar-refractivity contribution in [1.82, 2.24) is 0 Å². The van der Waals surface area contributed by atoms with Crippen LogP contribution >= 0.6 is 0 Å². The van der Waals surface area contributed by atoms with Gasteiger partial charge in [-0.05, 0) is 0 Å². The molecule has 1 aromatic carbocycles. The van der Waals surface area contributed by atoms with Gasteiger partial charge in [0.25, 0.3) is 0 Å². The first-order valence-corrected chi connectivity index (χ1v) is 9.25. The fourth-order valence-electron chi connectivity index (χ4n) is 1.62. The summed E-state index contributed by atoms with van der Waals surface area (Å²) in [5, 5.41) is 12.3. The molecule has 6 nitrogen and oxygen atoms in total. The number of benzene rings is 1. The zero-order chi connectivity index (χ0) is 19.7. The van der Waals surface area contributed by atoms with E-state index in [9.17, 15) is 14.4 Å². The van der Waals surface area contributed by atoms with Crippen molar-refractivity contribution >= 4 is 42.9 Å². The summed E-state index contributed by atoms with van der Waals surface area (Å²) >= 11 is -0.0838. The second-order valence-corrected chi connectivity index (χ2v) is 7.55. The standard InChI is InChI=1S/C19H19NO5Se/c1-5-16(9-6-12(2)19(23)24)26-17-10-7-15(8-11-17)18(22)13(3)20-25-14(4)21/h5-11H,1H2,2-4H3,(H,23,24)/b12-6+,16-9+,20-13+. The fraction of sp³-hybridized carbons (Fsp3) is 0.158. The van der Waals surface area contributed by atoms with Crippen molar-refractivity contribution < 1.29 is 24.3 Å². The van der Waals surface area contributed by atoms with E-state index in [2.05, 4.69) is 16.6 Å². The topological polar surface area (TPSA) is 93.0 Å².